The van der Waals surface area contributed by atoms with Crippen molar-refractivity contribution in [3.05, 3.63) is 459 Å². The monoisotopic (exact) mass is 1970 g/mol. The standard InChI is InChI=1S/6C15H10O2.2C10H8N2.2Dy/c6*16-15(17)14-12-7-3-1-5-10(12)9-11-6-2-4-8-13(11)14;2*1-3-7-11-9(5-1)10-6-2-4-8-12-10;;/h6*1-9H,(H,16,17);2*1-8H;;/q;;;;;;;;2*+3/p-6. The maximum atomic E-state index is 11.3. The molecule has 4 heterocycles. The summed E-state index contributed by atoms with van der Waals surface area (Å²) in [7, 11) is 0. The van der Waals surface area contributed by atoms with Crippen LogP contribution in [0.2, 0.25) is 0 Å². The molecule has 0 unspecified atom stereocenters. The predicted molar refractivity (Wildman–Crippen MR) is 490 cm³/mol. The Hall–Kier alpha value is -15.0. The average Bonchev–Trinajstić information content (AvgIpc) is 0.799. The van der Waals surface area contributed by atoms with Crippen LogP contribution in [0.4, 0.5) is 0 Å². The summed E-state index contributed by atoms with van der Waals surface area (Å²) in [6.07, 6.45) is 7.07. The number of carbonyl (C=O) groups is 6. The Morgan fingerprint density at radius 2 is 0.250 bits per heavy atom. The second kappa shape index (κ2) is 43.1. The van der Waals surface area contributed by atoms with E-state index in [1.165, 1.54) is 0 Å². The smallest absolute Gasteiger partial charge is 0.545 e. The Morgan fingerprint density at radius 3 is 0.344 bits per heavy atom. The number of carboxylic acid groups (broad SMARTS) is 6. The number of nitrogens with zero attached hydrogens (tertiary/aromatic N) is 4. The van der Waals surface area contributed by atoms with E-state index < -0.39 is 35.8 Å². The van der Waals surface area contributed by atoms with Gasteiger partial charge in [-0.05, 0) is 214 Å². The van der Waals surface area contributed by atoms with E-state index in [1.807, 2.05) is 400 Å². The summed E-state index contributed by atoms with van der Waals surface area (Å²) in [4.78, 5) is 84.7. The number of pyridine rings is 4. The van der Waals surface area contributed by atoms with Crippen molar-refractivity contribution in [3.8, 4) is 22.8 Å². The Morgan fingerprint density at radius 1 is 0.148 bits per heavy atom. The molecular weight excluding hydrogens is 1890 g/mol. The van der Waals surface area contributed by atoms with E-state index in [9.17, 15) is 59.4 Å². The summed E-state index contributed by atoms with van der Waals surface area (Å²) in [6.45, 7) is 0. The predicted octanol–water partition coefficient (Wildman–Crippen LogP) is 18.4. The van der Waals surface area contributed by atoms with Crippen LogP contribution in [0.1, 0.15) is 62.1 Å². The third kappa shape index (κ3) is 21.0. The van der Waals surface area contributed by atoms with Crippen LogP contribution in [-0.4, -0.2) is 55.8 Å². The van der Waals surface area contributed by atoms with Gasteiger partial charge in [0.2, 0.25) is 0 Å². The first kappa shape index (κ1) is 90.8. The van der Waals surface area contributed by atoms with Crippen molar-refractivity contribution in [2.75, 3.05) is 0 Å². The fourth-order valence-electron chi connectivity index (χ4n) is 15.5. The minimum atomic E-state index is -1.13. The molecule has 622 valence electrons. The molecule has 0 amide bonds. The van der Waals surface area contributed by atoms with Crippen LogP contribution in [0.25, 0.3) is 152 Å². The molecule has 0 N–H and O–H groups in total. The van der Waals surface area contributed by atoms with Gasteiger partial charge in [0.1, 0.15) is 0 Å². The maximum absolute atomic E-state index is 11.3. The van der Waals surface area contributed by atoms with E-state index in [1.54, 1.807) is 24.8 Å². The summed E-state index contributed by atoms with van der Waals surface area (Å²) >= 11 is 0. The van der Waals surface area contributed by atoms with Gasteiger partial charge in [-0.2, -0.15) is 0 Å². The molecular formula is C110H70Dy2N4O12. The molecule has 18 heteroatoms. The van der Waals surface area contributed by atoms with Crippen molar-refractivity contribution in [2.45, 2.75) is 0 Å². The van der Waals surface area contributed by atoms with Gasteiger partial charge < -0.3 is 59.4 Å². The minimum absolute atomic E-state index is 0. The van der Waals surface area contributed by atoms with Crippen LogP contribution in [0.15, 0.2) is 425 Å². The molecule has 0 aliphatic rings. The molecule has 0 aliphatic heterocycles. The third-order valence-corrected chi connectivity index (χ3v) is 21.0. The van der Waals surface area contributed by atoms with Crippen LogP contribution in [0, 0.1) is 76.3 Å². The largest absolute Gasteiger partial charge is 3.00 e. The van der Waals surface area contributed by atoms with Crippen LogP contribution in [0.5, 0.6) is 0 Å². The van der Waals surface area contributed by atoms with E-state index >= 15 is 0 Å². The zero-order valence-electron chi connectivity index (χ0n) is 67.7. The van der Waals surface area contributed by atoms with E-state index in [2.05, 4.69) is 19.9 Å². The number of benzene rings is 18. The number of rotatable bonds is 8. The van der Waals surface area contributed by atoms with Gasteiger partial charge in [-0.25, -0.2) is 0 Å². The molecule has 0 atom stereocenters. The Balaban J connectivity index is 0.000000125. The number of aromatic nitrogens is 4. The first-order valence-corrected chi connectivity index (χ1v) is 39.9. The van der Waals surface area contributed by atoms with Gasteiger partial charge in [0.25, 0.3) is 0 Å². The molecule has 0 fully saturated rings. The van der Waals surface area contributed by atoms with Crippen molar-refractivity contribution >= 4 is 165 Å². The molecule has 18 aromatic carbocycles. The first-order valence-electron chi connectivity index (χ1n) is 39.9. The summed E-state index contributed by atoms with van der Waals surface area (Å²) in [6, 6.07) is 125. The fraction of sp³-hybridized carbons (Fsp3) is 0. The maximum Gasteiger partial charge on any atom is 3.00 e. The number of hydrogen-bond donors (Lipinski definition) is 0. The normalized spacial score (nSPS) is 10.4. The number of carboxylic acids is 6. The van der Waals surface area contributed by atoms with E-state index in [0.29, 0.717) is 0 Å². The fourth-order valence-corrected chi connectivity index (χ4v) is 15.5. The van der Waals surface area contributed by atoms with Gasteiger partial charge in [-0.3, -0.25) is 19.9 Å². The SMILES string of the molecule is O=C([O-])c1c2ccccc2cc2ccccc12.O=C([O-])c1c2ccccc2cc2ccccc12.O=C([O-])c1c2ccccc2cc2ccccc12.O=C([O-])c1c2ccccc2cc2ccccc12.O=C([O-])c1c2ccccc2cc2ccccc12.O=C([O-])c1c2ccccc2cc2ccccc12.[Dy+3].[Dy+3].c1ccc(-c2ccccn2)nc1.c1ccc(-c2ccccn2)nc1. The second-order valence-corrected chi connectivity index (χ2v) is 28.7. The Labute approximate surface area is 794 Å². The molecule has 22 aromatic rings. The van der Waals surface area contributed by atoms with Gasteiger partial charge >= 0.3 is 76.3 Å². The molecule has 0 spiro atoms. The topological polar surface area (TPSA) is 292 Å². The van der Waals surface area contributed by atoms with Crippen molar-refractivity contribution in [1.29, 1.82) is 0 Å². The second-order valence-electron chi connectivity index (χ2n) is 28.7. The molecule has 0 bridgehead atoms. The van der Waals surface area contributed by atoms with Crippen molar-refractivity contribution in [2.24, 2.45) is 0 Å². The van der Waals surface area contributed by atoms with E-state index in [-0.39, 0.29) is 110 Å². The van der Waals surface area contributed by atoms with E-state index in [4.69, 9.17) is 0 Å². The van der Waals surface area contributed by atoms with Gasteiger partial charge in [-0.1, -0.05) is 315 Å². The van der Waals surface area contributed by atoms with Crippen LogP contribution in [0.3, 0.4) is 0 Å². The Kier molecular flexibility index (Phi) is 30.6. The minimum Gasteiger partial charge on any atom is -0.545 e. The first-order chi connectivity index (χ1) is 61.6. The summed E-state index contributed by atoms with van der Waals surface area (Å²) < 4.78 is 0. The van der Waals surface area contributed by atoms with Gasteiger partial charge in [0.15, 0.2) is 0 Å². The molecule has 16 nitrogen and oxygen atoms in total. The van der Waals surface area contributed by atoms with Crippen LogP contribution < -0.4 is 30.6 Å². The summed E-state index contributed by atoms with van der Waals surface area (Å²) in [5.41, 5.74) is 5.32. The number of fused-ring (bicyclic) bond motifs is 12. The average molecular weight is 1960 g/mol. The molecule has 0 aliphatic carbocycles. The molecule has 4 aromatic heterocycles. The molecule has 2 radical (unpaired) electrons. The molecule has 128 heavy (non-hydrogen) atoms. The molecule has 22 rings (SSSR count). The van der Waals surface area contributed by atoms with Crippen molar-refractivity contribution in [1.82, 2.24) is 19.9 Å². The van der Waals surface area contributed by atoms with Gasteiger partial charge in [0, 0.05) is 58.2 Å². The number of hydrogen-bond acceptors (Lipinski definition) is 16. The van der Waals surface area contributed by atoms with Crippen LogP contribution >= 0.6 is 0 Å². The number of aromatic carboxylic acids is 6. The van der Waals surface area contributed by atoms with Crippen LogP contribution in [-0.2, 0) is 0 Å². The van der Waals surface area contributed by atoms with E-state index in [0.717, 1.165) is 152 Å². The van der Waals surface area contributed by atoms with Gasteiger partial charge in [-0.15, -0.1) is 0 Å². The van der Waals surface area contributed by atoms with Crippen molar-refractivity contribution < 1.29 is 136 Å². The molecule has 0 saturated carbocycles. The van der Waals surface area contributed by atoms with Crippen molar-refractivity contribution in [3.63, 3.8) is 0 Å². The molecule has 0 saturated heterocycles. The number of carbonyl (C=O) groups excluding carboxylic acids is 6. The zero-order chi connectivity index (χ0) is 87.4. The summed E-state index contributed by atoms with van der Waals surface area (Å²) in [5.74, 6) is -6.76. The zero-order valence-corrected chi connectivity index (χ0v) is 71.8. The van der Waals surface area contributed by atoms with Gasteiger partial charge in [0.05, 0.1) is 58.6 Å². The quantitative estimate of drug-likeness (QED) is 0.128. The summed E-state index contributed by atoms with van der Waals surface area (Å²) in [5, 5.41) is 87.7. The third-order valence-electron chi connectivity index (χ3n) is 21.0. The Bertz CT molecular complexity index is 6360.